The van der Waals surface area contributed by atoms with E-state index < -0.39 is 17.5 Å². The molecule has 0 aliphatic carbocycles. The topological polar surface area (TPSA) is 84.7 Å². The monoisotopic (exact) mass is 521 g/mol. The molecule has 2 aliphatic rings. The number of nitrogens with zero attached hydrogens (tertiary/aromatic N) is 2. The van der Waals surface area contributed by atoms with Crippen LogP contribution in [0.5, 0.6) is 5.75 Å². The number of likely N-dealkylation sites (tertiary alicyclic amines) is 1. The number of likely N-dealkylation sites (N-methyl/N-ethyl adjacent to an activating group) is 1. The molecule has 1 fully saturated rings. The third-order valence-corrected chi connectivity index (χ3v) is 7.56. The fourth-order valence-corrected chi connectivity index (χ4v) is 5.80. The van der Waals surface area contributed by atoms with Crippen LogP contribution in [-0.4, -0.2) is 35.4 Å². The molecule has 174 valence electrons. The number of para-hydroxylation sites is 1. The minimum atomic E-state index is -1.35. The first-order valence-electron chi connectivity index (χ1n) is 11.1. The number of anilines is 1. The quantitative estimate of drug-likeness (QED) is 0.382. The molecule has 1 amide bonds. The molecular weight excluding hydrogens is 498 g/mol. The highest BCUT2D eigenvalue weighted by molar-refractivity contribution is 9.10. The van der Waals surface area contributed by atoms with Gasteiger partial charge in [0.15, 0.2) is 5.54 Å². The lowest BCUT2D eigenvalue weighted by molar-refractivity contribution is -0.534. The molecule has 34 heavy (non-hydrogen) atoms. The molecular formula is C26H24BrN3O4. The lowest BCUT2D eigenvalue weighted by Gasteiger charge is -2.30. The number of aryl methyl sites for hydroxylation is 1. The molecule has 1 saturated heterocycles. The summed E-state index contributed by atoms with van der Waals surface area (Å²) in [6, 6.07) is 19.8. The largest absolute Gasteiger partial charge is 0.488 e. The van der Waals surface area contributed by atoms with Gasteiger partial charge in [-0.2, -0.15) is 0 Å². The van der Waals surface area contributed by atoms with Gasteiger partial charge in [0, 0.05) is 22.7 Å². The Balaban J connectivity index is 1.46. The minimum absolute atomic E-state index is 0.300. The second kappa shape index (κ2) is 8.52. The van der Waals surface area contributed by atoms with Crippen LogP contribution in [0.2, 0.25) is 0 Å². The summed E-state index contributed by atoms with van der Waals surface area (Å²) in [7, 11) is 1.78. The second-order valence-corrected chi connectivity index (χ2v) is 9.80. The van der Waals surface area contributed by atoms with Crippen molar-refractivity contribution in [3.8, 4) is 5.75 Å². The average Bonchev–Trinajstić information content (AvgIpc) is 3.29. The third kappa shape index (κ3) is 3.49. The number of fused-ring (bicyclic) bond motifs is 2. The lowest BCUT2D eigenvalue weighted by Crippen LogP contribution is -2.54. The van der Waals surface area contributed by atoms with Crippen molar-refractivity contribution in [3.63, 3.8) is 0 Å². The summed E-state index contributed by atoms with van der Waals surface area (Å²) >= 11 is 3.58. The van der Waals surface area contributed by atoms with Gasteiger partial charge in [-0.3, -0.25) is 19.8 Å². The molecule has 0 aromatic heterocycles. The van der Waals surface area contributed by atoms with Crippen molar-refractivity contribution in [2.45, 2.75) is 31.0 Å². The summed E-state index contributed by atoms with van der Waals surface area (Å²) < 4.78 is 6.70. The van der Waals surface area contributed by atoms with E-state index in [1.54, 1.807) is 19.2 Å². The summed E-state index contributed by atoms with van der Waals surface area (Å²) in [4.78, 5) is 27.2. The van der Waals surface area contributed by atoms with Gasteiger partial charge in [0.1, 0.15) is 12.4 Å². The van der Waals surface area contributed by atoms with E-state index in [0.717, 1.165) is 15.6 Å². The van der Waals surface area contributed by atoms with E-state index in [2.05, 4.69) is 21.2 Å². The van der Waals surface area contributed by atoms with Gasteiger partial charge >= 0.3 is 0 Å². The molecule has 2 heterocycles. The van der Waals surface area contributed by atoms with Gasteiger partial charge in [-0.1, -0.05) is 54.1 Å². The predicted octanol–water partition coefficient (Wildman–Crippen LogP) is 4.86. The van der Waals surface area contributed by atoms with Gasteiger partial charge in [0.2, 0.25) is 0 Å². The highest BCUT2D eigenvalue weighted by atomic mass is 79.9. The Bertz CT molecular complexity index is 1280. The van der Waals surface area contributed by atoms with Crippen LogP contribution in [0.25, 0.3) is 0 Å². The number of carbonyl (C=O) groups excluding carboxylic acids is 1. The number of halogens is 1. The molecule has 5 rings (SSSR count). The first-order chi connectivity index (χ1) is 16.3. The standard InChI is InChI=1S/C26H24BrN3O4/c1-16-7-9-17(10-8-16)15-34-23-12-11-18(13-21(23)27)19-14-29(2)26(24(19)30(32)33)20-5-3-4-6-22(20)28-25(26)31/h3-13,19,24H,14-15H2,1-2H3,(H,28,31)/t19-,24-,26+/m0/s1. The van der Waals surface area contributed by atoms with E-state index in [1.807, 2.05) is 66.4 Å². The Morgan fingerprint density at radius 1 is 1.18 bits per heavy atom. The number of amides is 1. The van der Waals surface area contributed by atoms with Crippen molar-refractivity contribution in [1.82, 2.24) is 4.90 Å². The Kier molecular flexibility index (Phi) is 5.65. The van der Waals surface area contributed by atoms with Crippen molar-refractivity contribution in [2.24, 2.45) is 0 Å². The zero-order valence-corrected chi connectivity index (χ0v) is 20.4. The maximum Gasteiger partial charge on any atom is 0.256 e. The van der Waals surface area contributed by atoms with Crippen molar-refractivity contribution in [1.29, 1.82) is 0 Å². The van der Waals surface area contributed by atoms with Crippen molar-refractivity contribution in [3.05, 3.63) is 104 Å². The summed E-state index contributed by atoms with van der Waals surface area (Å²) in [5, 5.41) is 15.3. The number of hydrogen-bond acceptors (Lipinski definition) is 5. The van der Waals surface area contributed by atoms with Crippen LogP contribution < -0.4 is 10.1 Å². The molecule has 1 spiro atoms. The summed E-state index contributed by atoms with van der Waals surface area (Å²) in [6.07, 6.45) is 0. The van der Waals surface area contributed by atoms with Crippen LogP contribution >= 0.6 is 15.9 Å². The van der Waals surface area contributed by atoms with E-state index in [4.69, 9.17) is 4.74 Å². The van der Waals surface area contributed by atoms with E-state index in [0.29, 0.717) is 30.2 Å². The Morgan fingerprint density at radius 3 is 2.62 bits per heavy atom. The Hall–Kier alpha value is -3.23. The van der Waals surface area contributed by atoms with Crippen LogP contribution in [0.4, 0.5) is 5.69 Å². The van der Waals surface area contributed by atoms with Crippen molar-refractivity contribution in [2.75, 3.05) is 18.9 Å². The summed E-state index contributed by atoms with van der Waals surface area (Å²) in [5.41, 5.74) is 2.97. The number of carbonyl (C=O) groups is 1. The van der Waals surface area contributed by atoms with Gasteiger partial charge in [-0.05, 0) is 59.2 Å². The first kappa shape index (κ1) is 22.6. The van der Waals surface area contributed by atoms with E-state index in [1.165, 1.54) is 5.56 Å². The lowest BCUT2D eigenvalue weighted by atomic mass is 9.79. The van der Waals surface area contributed by atoms with E-state index in [9.17, 15) is 14.9 Å². The zero-order chi connectivity index (χ0) is 24.0. The maximum atomic E-state index is 13.2. The average molecular weight is 522 g/mol. The van der Waals surface area contributed by atoms with Gasteiger partial charge in [-0.15, -0.1) is 0 Å². The minimum Gasteiger partial charge on any atom is -0.488 e. The number of nitro groups is 1. The molecule has 3 aromatic rings. The number of ether oxygens (including phenoxy) is 1. The molecule has 0 saturated carbocycles. The normalized spacial score (nSPS) is 23.7. The SMILES string of the molecule is Cc1ccc(COc2ccc([C@@H]3CN(C)[C@@]4(C(=O)Nc5ccccc54)[C@H]3[N+](=O)[O-])cc2Br)cc1. The smallest absolute Gasteiger partial charge is 0.256 e. The fraction of sp³-hybridized carbons (Fsp3) is 0.269. The van der Waals surface area contributed by atoms with Crippen molar-refractivity contribution < 1.29 is 14.5 Å². The molecule has 8 heteroatoms. The van der Waals surface area contributed by atoms with E-state index >= 15 is 0 Å². The Labute approximate surface area is 206 Å². The summed E-state index contributed by atoms with van der Waals surface area (Å²) in [5.74, 6) is -0.163. The molecule has 1 N–H and O–H groups in total. The molecule has 0 unspecified atom stereocenters. The molecule has 7 nitrogen and oxygen atoms in total. The second-order valence-electron chi connectivity index (χ2n) is 8.95. The highest BCUT2D eigenvalue weighted by Crippen LogP contribution is 2.52. The number of hydrogen-bond donors (Lipinski definition) is 1. The number of benzene rings is 3. The molecule has 3 aromatic carbocycles. The maximum absolute atomic E-state index is 13.2. The van der Waals surface area contributed by atoms with Gasteiger partial charge in [0.05, 0.1) is 10.4 Å². The van der Waals surface area contributed by atoms with Crippen LogP contribution in [0.1, 0.15) is 28.2 Å². The van der Waals surface area contributed by atoms with Crippen LogP contribution in [-0.2, 0) is 16.9 Å². The fourth-order valence-electron chi connectivity index (χ4n) is 5.29. The Morgan fingerprint density at radius 2 is 1.91 bits per heavy atom. The predicted molar refractivity (Wildman–Crippen MR) is 133 cm³/mol. The zero-order valence-electron chi connectivity index (χ0n) is 18.8. The molecule has 0 radical (unpaired) electrons. The van der Waals surface area contributed by atoms with Crippen LogP contribution in [0.3, 0.4) is 0 Å². The van der Waals surface area contributed by atoms with Crippen LogP contribution in [0, 0.1) is 17.0 Å². The number of nitrogens with one attached hydrogen (secondary N) is 1. The van der Waals surface area contributed by atoms with Gasteiger partial charge < -0.3 is 10.1 Å². The third-order valence-electron chi connectivity index (χ3n) is 6.94. The highest BCUT2D eigenvalue weighted by Gasteiger charge is 2.68. The van der Waals surface area contributed by atoms with Crippen molar-refractivity contribution >= 4 is 27.5 Å². The first-order valence-corrected chi connectivity index (χ1v) is 11.8. The van der Waals surface area contributed by atoms with Gasteiger partial charge in [-0.25, -0.2) is 0 Å². The molecule has 0 bridgehead atoms. The van der Waals surface area contributed by atoms with Gasteiger partial charge in [0.25, 0.3) is 11.9 Å². The summed E-state index contributed by atoms with van der Waals surface area (Å²) in [6.45, 7) is 2.84. The van der Waals surface area contributed by atoms with E-state index in [-0.39, 0.29) is 10.8 Å². The molecule has 2 aliphatic heterocycles. The molecule has 3 atom stereocenters. The number of rotatable bonds is 5. The van der Waals surface area contributed by atoms with Crippen LogP contribution in [0.15, 0.2) is 71.2 Å².